The highest BCUT2D eigenvalue weighted by Crippen LogP contribution is 2.24. The molecule has 1 aliphatic heterocycles. The van der Waals surface area contributed by atoms with E-state index in [0.717, 1.165) is 0 Å². The average molecular weight is 539 g/mol. The molecule has 0 amide bonds. The van der Waals surface area contributed by atoms with E-state index in [-0.39, 0.29) is 19.8 Å². The van der Waals surface area contributed by atoms with Crippen molar-refractivity contribution in [2.75, 3.05) is 26.7 Å². The van der Waals surface area contributed by atoms with Crippen molar-refractivity contribution < 1.29 is 21.9 Å². The van der Waals surface area contributed by atoms with Crippen LogP contribution >= 0.6 is 23.2 Å². The molecule has 1 saturated heterocycles. The number of hydrogen-bond acceptors (Lipinski definition) is 8. The molecule has 0 radical (unpaired) electrons. The number of rotatable bonds is 6. The second kappa shape index (κ2) is 9.74. The normalized spacial score (nSPS) is 16.8. The van der Waals surface area contributed by atoms with E-state index in [1.807, 2.05) is 0 Å². The number of halogens is 2. The van der Waals surface area contributed by atoms with Crippen molar-refractivity contribution in [2.45, 2.75) is 9.79 Å². The molecule has 13 nitrogen and oxygen atoms in total. The first-order chi connectivity index (χ1) is 15.4. The molecule has 1 aliphatic rings. The van der Waals surface area contributed by atoms with Crippen LogP contribution in [-0.4, -0.2) is 67.2 Å². The van der Waals surface area contributed by atoms with Crippen molar-refractivity contribution in [3.05, 3.63) is 73.6 Å². The first kappa shape index (κ1) is 25.1. The van der Waals surface area contributed by atoms with Gasteiger partial charge >= 0.3 is 0 Å². The molecule has 0 aromatic heterocycles. The molecule has 33 heavy (non-hydrogen) atoms. The van der Waals surface area contributed by atoms with Crippen LogP contribution in [0.5, 0.6) is 0 Å². The van der Waals surface area contributed by atoms with Crippen molar-refractivity contribution in [3.63, 3.8) is 0 Å². The van der Waals surface area contributed by atoms with Gasteiger partial charge in [-0.2, -0.15) is 8.61 Å². The standard InChI is InChI=1S/C16H16Cl2N6O7S2/c17-13-1-5-15(6-2-13)32(28,29)22-9-20(19-25)10-23(12-21(11-22)24(26)27)33(30,31)16-7-3-14(18)4-8-16/h1-8H,9-12H2. The largest absolute Gasteiger partial charge is 0.246 e. The third-order valence-electron chi connectivity index (χ3n) is 4.53. The molecule has 2 aromatic rings. The van der Waals surface area contributed by atoms with Gasteiger partial charge in [-0.05, 0) is 48.5 Å². The maximum atomic E-state index is 13.0. The highest BCUT2D eigenvalue weighted by atomic mass is 35.5. The molecule has 1 heterocycles. The van der Waals surface area contributed by atoms with E-state index in [4.69, 9.17) is 23.2 Å². The Balaban J connectivity index is 1.97. The van der Waals surface area contributed by atoms with Gasteiger partial charge in [-0.1, -0.05) is 28.2 Å². The molecule has 17 heteroatoms. The fraction of sp³-hybridized carbons (Fsp3) is 0.250. The van der Waals surface area contributed by atoms with E-state index in [0.29, 0.717) is 18.6 Å². The minimum atomic E-state index is -4.33. The summed E-state index contributed by atoms with van der Waals surface area (Å²) in [6, 6.07) is 10.1. The lowest BCUT2D eigenvalue weighted by Gasteiger charge is -2.35. The van der Waals surface area contributed by atoms with Crippen LogP contribution in [0.25, 0.3) is 0 Å². The van der Waals surface area contributed by atoms with Gasteiger partial charge in [0.05, 0.1) is 15.1 Å². The Morgan fingerprint density at radius 2 is 1.12 bits per heavy atom. The van der Waals surface area contributed by atoms with Crippen molar-refractivity contribution in [1.82, 2.24) is 18.6 Å². The van der Waals surface area contributed by atoms with Crippen molar-refractivity contribution in [1.29, 1.82) is 0 Å². The van der Waals surface area contributed by atoms with E-state index >= 15 is 0 Å². The predicted molar refractivity (Wildman–Crippen MR) is 117 cm³/mol. The summed E-state index contributed by atoms with van der Waals surface area (Å²) in [5.74, 6) is 0. The summed E-state index contributed by atoms with van der Waals surface area (Å²) in [5.41, 5.74) is 0. The number of hydrazine groups is 1. The van der Waals surface area contributed by atoms with Gasteiger partial charge in [0.15, 0.2) is 5.03 Å². The lowest BCUT2D eigenvalue weighted by molar-refractivity contribution is -0.662. The molecule has 0 N–H and O–H groups in total. The third kappa shape index (κ3) is 5.51. The number of nitroso groups, excluding NO2 is 1. The summed E-state index contributed by atoms with van der Waals surface area (Å²) in [5, 5.41) is 15.0. The molecule has 0 saturated carbocycles. The number of benzene rings is 2. The fourth-order valence-electron chi connectivity index (χ4n) is 2.88. The molecule has 3 rings (SSSR count). The van der Waals surface area contributed by atoms with E-state index in [1.54, 1.807) is 0 Å². The summed E-state index contributed by atoms with van der Waals surface area (Å²) in [6.45, 7) is -3.22. The Bertz CT molecular complexity index is 1160. The third-order valence-corrected chi connectivity index (χ3v) is 8.59. The van der Waals surface area contributed by atoms with Gasteiger partial charge in [0, 0.05) is 10.0 Å². The molecular formula is C16H16Cl2N6O7S2. The van der Waals surface area contributed by atoms with E-state index in [2.05, 4.69) is 5.29 Å². The Morgan fingerprint density at radius 3 is 1.42 bits per heavy atom. The van der Waals surface area contributed by atoms with Gasteiger partial charge in [0.1, 0.15) is 26.7 Å². The van der Waals surface area contributed by atoms with Gasteiger partial charge < -0.3 is 0 Å². The lowest BCUT2D eigenvalue weighted by Crippen LogP contribution is -2.57. The van der Waals surface area contributed by atoms with Crippen LogP contribution in [-0.2, 0) is 20.0 Å². The van der Waals surface area contributed by atoms with Crippen LogP contribution in [0.3, 0.4) is 0 Å². The molecule has 0 aliphatic carbocycles. The van der Waals surface area contributed by atoms with Gasteiger partial charge in [0.2, 0.25) is 20.0 Å². The first-order valence-corrected chi connectivity index (χ1v) is 12.6. The van der Waals surface area contributed by atoms with Crippen LogP contribution in [0.2, 0.25) is 10.0 Å². The zero-order valence-electron chi connectivity index (χ0n) is 16.6. The Kier molecular flexibility index (Phi) is 7.40. The van der Waals surface area contributed by atoms with Gasteiger partial charge in [-0.25, -0.2) is 32.0 Å². The molecule has 2 aromatic carbocycles. The van der Waals surface area contributed by atoms with Gasteiger partial charge in [-0.15, -0.1) is 4.91 Å². The van der Waals surface area contributed by atoms with Crippen molar-refractivity contribution >= 4 is 43.2 Å². The molecule has 0 bridgehead atoms. The summed E-state index contributed by atoms with van der Waals surface area (Å²) < 4.78 is 53.4. The monoisotopic (exact) mass is 538 g/mol. The lowest BCUT2D eigenvalue weighted by atomic mass is 10.4. The maximum Gasteiger partial charge on any atom is 0.246 e. The van der Waals surface area contributed by atoms with Crippen LogP contribution in [0.15, 0.2) is 63.6 Å². The van der Waals surface area contributed by atoms with Crippen LogP contribution in [0.4, 0.5) is 0 Å². The fourth-order valence-corrected chi connectivity index (χ4v) is 5.83. The molecule has 0 atom stereocenters. The molecule has 1 fully saturated rings. The Labute approximate surface area is 198 Å². The summed E-state index contributed by atoms with van der Waals surface area (Å²) in [6.07, 6.45) is 0. The molecule has 178 valence electrons. The zero-order valence-corrected chi connectivity index (χ0v) is 19.7. The Morgan fingerprint density at radius 1 is 0.758 bits per heavy atom. The zero-order chi connectivity index (χ0) is 24.4. The van der Waals surface area contributed by atoms with Crippen molar-refractivity contribution in [3.8, 4) is 0 Å². The Hall–Kier alpha value is -2.56. The second-order valence-corrected chi connectivity index (χ2v) is 11.5. The van der Waals surface area contributed by atoms with Crippen LogP contribution in [0, 0.1) is 15.0 Å². The molecule has 0 spiro atoms. The second-order valence-electron chi connectivity index (χ2n) is 6.72. The maximum absolute atomic E-state index is 13.0. The highest BCUT2D eigenvalue weighted by Gasteiger charge is 2.39. The van der Waals surface area contributed by atoms with Crippen molar-refractivity contribution in [2.24, 2.45) is 5.29 Å². The molecular weight excluding hydrogens is 523 g/mol. The number of nitrogens with zero attached hydrogens (tertiary/aromatic N) is 6. The summed E-state index contributed by atoms with van der Waals surface area (Å²) in [7, 11) is -8.66. The van der Waals surface area contributed by atoms with Crippen LogP contribution in [0.1, 0.15) is 0 Å². The number of hydrogen-bond donors (Lipinski definition) is 0. The number of sulfonamides is 2. The summed E-state index contributed by atoms with van der Waals surface area (Å²) in [4.78, 5) is 22.6. The average Bonchev–Trinajstić information content (AvgIpc) is 2.74. The highest BCUT2D eigenvalue weighted by molar-refractivity contribution is 7.89. The topological polar surface area (TPSA) is 154 Å². The SMILES string of the molecule is O=NN1CN(S(=O)(=O)c2ccc(Cl)cc2)CN([N+](=O)[O-])CN(S(=O)(=O)c2ccc(Cl)cc2)C1. The molecule has 0 unspecified atom stereocenters. The van der Waals surface area contributed by atoms with E-state index in [1.165, 1.54) is 48.5 Å². The predicted octanol–water partition coefficient (Wildman–Crippen LogP) is 2.00. The first-order valence-electron chi connectivity index (χ1n) is 8.94. The van der Waals surface area contributed by atoms with Gasteiger partial charge in [0.25, 0.3) is 0 Å². The smallest absolute Gasteiger partial charge is 0.235 e. The minimum absolute atomic E-state index is 0.229. The van der Waals surface area contributed by atoms with E-state index < -0.39 is 51.8 Å². The van der Waals surface area contributed by atoms with E-state index in [9.17, 15) is 31.9 Å². The summed E-state index contributed by atoms with van der Waals surface area (Å²) >= 11 is 11.6. The quantitative estimate of drug-likeness (QED) is 0.305. The van der Waals surface area contributed by atoms with Crippen LogP contribution < -0.4 is 0 Å². The minimum Gasteiger partial charge on any atom is -0.235 e. The van der Waals surface area contributed by atoms with Gasteiger partial charge in [-0.3, -0.25) is 0 Å². The number of nitro groups is 1.